The van der Waals surface area contributed by atoms with Crippen LogP contribution in [0.3, 0.4) is 0 Å². The van der Waals surface area contributed by atoms with Gasteiger partial charge in [-0.05, 0) is 11.9 Å². The Morgan fingerprint density at radius 1 is 1.78 bits per heavy atom. The summed E-state index contributed by atoms with van der Waals surface area (Å²) in [6.45, 7) is 1.40. The predicted octanol–water partition coefficient (Wildman–Crippen LogP) is 0.413. The van der Waals surface area contributed by atoms with Crippen LogP contribution in [-0.2, 0) is 9.59 Å². The molecule has 0 atom stereocenters. The summed E-state index contributed by atoms with van der Waals surface area (Å²) in [6, 6.07) is 0. The fourth-order valence-electron chi connectivity index (χ4n) is 0.664. The van der Waals surface area contributed by atoms with Crippen LogP contribution in [0.5, 0.6) is 0 Å². The highest BCUT2D eigenvalue weighted by Gasteiger charge is 2.24. The molecule has 0 aromatic rings. The fourth-order valence-corrected chi connectivity index (χ4v) is 1.53. The fraction of sp³-hybridized carbons (Fsp3) is 0.600. The molecule has 1 fully saturated rings. The first-order chi connectivity index (χ1) is 4.22. The van der Waals surface area contributed by atoms with Crippen molar-refractivity contribution in [3.8, 4) is 0 Å². The molecule has 2 amide bonds. The molecule has 1 rings (SSSR count). The van der Waals surface area contributed by atoms with E-state index in [9.17, 15) is 9.59 Å². The first-order valence-electron chi connectivity index (χ1n) is 2.68. The van der Waals surface area contributed by atoms with Gasteiger partial charge in [0.25, 0.3) is 0 Å². The molecule has 0 radical (unpaired) electrons. The lowest BCUT2D eigenvalue weighted by Crippen LogP contribution is -2.22. The molecule has 9 heavy (non-hydrogen) atoms. The van der Waals surface area contributed by atoms with Crippen LogP contribution in [0.4, 0.5) is 0 Å². The van der Waals surface area contributed by atoms with Crippen LogP contribution in [-0.4, -0.2) is 21.9 Å². The van der Waals surface area contributed by atoms with Crippen molar-refractivity contribution in [2.75, 3.05) is 5.75 Å². The van der Waals surface area contributed by atoms with Crippen LogP contribution in [0, 0.1) is 0 Å². The Labute approximate surface area is 57.5 Å². The molecule has 0 bridgehead atoms. The quantitative estimate of drug-likeness (QED) is 0.463. The SMILES string of the molecule is CC(=O)N1SCCC1=O. The smallest absolute Gasteiger partial charge is 0.240 e. The number of carbonyl (C=O) groups is 2. The van der Waals surface area contributed by atoms with Gasteiger partial charge in [-0.25, -0.2) is 4.31 Å². The van der Waals surface area contributed by atoms with Gasteiger partial charge in [-0.3, -0.25) is 9.59 Å². The second kappa shape index (κ2) is 2.39. The summed E-state index contributed by atoms with van der Waals surface area (Å²) in [5, 5.41) is 0. The Morgan fingerprint density at radius 3 is 2.67 bits per heavy atom. The van der Waals surface area contributed by atoms with E-state index in [4.69, 9.17) is 0 Å². The van der Waals surface area contributed by atoms with Crippen LogP contribution in [0.2, 0.25) is 0 Å². The van der Waals surface area contributed by atoms with Gasteiger partial charge in [-0.15, -0.1) is 0 Å². The summed E-state index contributed by atoms with van der Waals surface area (Å²) in [5.41, 5.74) is 0. The lowest BCUT2D eigenvalue weighted by molar-refractivity contribution is -0.135. The maximum atomic E-state index is 10.7. The number of rotatable bonds is 0. The highest BCUT2D eigenvalue weighted by atomic mass is 32.2. The van der Waals surface area contributed by atoms with Gasteiger partial charge in [-0.1, -0.05) is 0 Å². The molecule has 0 spiro atoms. The first-order valence-corrected chi connectivity index (χ1v) is 3.62. The number of hydrogen-bond donors (Lipinski definition) is 0. The lowest BCUT2D eigenvalue weighted by Gasteiger charge is -2.06. The molecule has 1 heterocycles. The van der Waals surface area contributed by atoms with E-state index in [1.807, 2.05) is 0 Å². The third-order valence-electron chi connectivity index (χ3n) is 1.05. The summed E-state index contributed by atoms with van der Waals surface area (Å²) in [5.74, 6) is 0.522. The van der Waals surface area contributed by atoms with E-state index in [2.05, 4.69) is 0 Å². The lowest BCUT2D eigenvalue weighted by atomic mass is 10.4. The van der Waals surface area contributed by atoms with E-state index in [1.54, 1.807) is 0 Å². The van der Waals surface area contributed by atoms with E-state index >= 15 is 0 Å². The summed E-state index contributed by atoms with van der Waals surface area (Å²) >= 11 is 1.29. The summed E-state index contributed by atoms with van der Waals surface area (Å²) in [6.07, 6.45) is 0.504. The van der Waals surface area contributed by atoms with Crippen LogP contribution < -0.4 is 0 Å². The zero-order valence-corrected chi connectivity index (χ0v) is 5.90. The van der Waals surface area contributed by atoms with Crippen LogP contribution in [0.15, 0.2) is 0 Å². The maximum absolute atomic E-state index is 10.7. The number of carbonyl (C=O) groups excluding carboxylic acids is 2. The number of hydrogen-bond acceptors (Lipinski definition) is 3. The Hall–Kier alpha value is -0.510. The first kappa shape index (κ1) is 6.61. The third kappa shape index (κ3) is 1.24. The second-order valence-electron chi connectivity index (χ2n) is 1.79. The van der Waals surface area contributed by atoms with Crippen LogP contribution in [0.1, 0.15) is 13.3 Å². The molecule has 1 saturated heterocycles. The zero-order chi connectivity index (χ0) is 6.85. The summed E-state index contributed by atoms with van der Waals surface area (Å²) in [7, 11) is 0. The second-order valence-corrected chi connectivity index (χ2v) is 2.82. The van der Waals surface area contributed by atoms with Crippen molar-refractivity contribution in [2.24, 2.45) is 0 Å². The van der Waals surface area contributed by atoms with Crippen molar-refractivity contribution >= 4 is 23.8 Å². The van der Waals surface area contributed by atoms with Crippen molar-refractivity contribution in [3.05, 3.63) is 0 Å². The topological polar surface area (TPSA) is 37.4 Å². The predicted molar refractivity (Wildman–Crippen MR) is 34.6 cm³/mol. The number of amides is 2. The van der Waals surface area contributed by atoms with Crippen molar-refractivity contribution in [1.82, 2.24) is 4.31 Å². The summed E-state index contributed by atoms with van der Waals surface area (Å²) < 4.78 is 1.21. The Kier molecular flexibility index (Phi) is 1.75. The molecule has 0 aliphatic carbocycles. The van der Waals surface area contributed by atoms with Gasteiger partial charge in [0.1, 0.15) is 0 Å². The third-order valence-corrected chi connectivity index (χ3v) is 2.15. The minimum absolute atomic E-state index is 0.0625. The van der Waals surface area contributed by atoms with Gasteiger partial charge < -0.3 is 0 Å². The van der Waals surface area contributed by atoms with E-state index in [-0.39, 0.29) is 11.8 Å². The molecule has 0 aromatic carbocycles. The maximum Gasteiger partial charge on any atom is 0.240 e. The largest absolute Gasteiger partial charge is 0.274 e. The Balaban J connectivity index is 2.60. The molecule has 1 aliphatic heterocycles. The molecular weight excluding hydrogens is 138 g/mol. The van der Waals surface area contributed by atoms with Crippen molar-refractivity contribution in [2.45, 2.75) is 13.3 Å². The van der Waals surface area contributed by atoms with Crippen molar-refractivity contribution < 1.29 is 9.59 Å². The standard InChI is InChI=1S/C5H7NO2S/c1-4(7)6-5(8)2-3-9-6/h2-3H2,1H3. The van der Waals surface area contributed by atoms with Gasteiger partial charge in [0.15, 0.2) is 0 Å². The van der Waals surface area contributed by atoms with Gasteiger partial charge >= 0.3 is 0 Å². The average molecular weight is 145 g/mol. The minimum atomic E-state index is -0.164. The molecule has 0 unspecified atom stereocenters. The van der Waals surface area contributed by atoms with E-state index in [0.29, 0.717) is 6.42 Å². The van der Waals surface area contributed by atoms with Crippen molar-refractivity contribution in [1.29, 1.82) is 0 Å². The molecule has 1 aliphatic rings. The number of imide groups is 1. The molecule has 0 saturated carbocycles. The molecular formula is C5H7NO2S. The van der Waals surface area contributed by atoms with Gasteiger partial charge in [-0.2, -0.15) is 0 Å². The van der Waals surface area contributed by atoms with E-state index in [1.165, 1.54) is 23.2 Å². The molecule has 3 nitrogen and oxygen atoms in total. The van der Waals surface area contributed by atoms with Gasteiger partial charge in [0.2, 0.25) is 11.8 Å². The Bertz CT molecular complexity index is 157. The average Bonchev–Trinajstić information content (AvgIpc) is 2.13. The van der Waals surface area contributed by atoms with Crippen LogP contribution >= 0.6 is 11.9 Å². The van der Waals surface area contributed by atoms with E-state index in [0.717, 1.165) is 5.75 Å². The van der Waals surface area contributed by atoms with Crippen LogP contribution in [0.25, 0.3) is 0 Å². The monoisotopic (exact) mass is 145 g/mol. The number of nitrogens with zero attached hydrogens (tertiary/aromatic N) is 1. The highest BCUT2D eigenvalue weighted by molar-refractivity contribution is 7.98. The normalized spacial score (nSPS) is 18.8. The van der Waals surface area contributed by atoms with Crippen molar-refractivity contribution in [3.63, 3.8) is 0 Å². The zero-order valence-electron chi connectivity index (χ0n) is 5.09. The molecule has 4 heteroatoms. The Morgan fingerprint density at radius 2 is 2.44 bits per heavy atom. The van der Waals surface area contributed by atoms with Gasteiger partial charge in [0.05, 0.1) is 0 Å². The molecule has 0 N–H and O–H groups in total. The molecule has 50 valence electrons. The van der Waals surface area contributed by atoms with E-state index < -0.39 is 0 Å². The highest BCUT2D eigenvalue weighted by Crippen LogP contribution is 2.20. The van der Waals surface area contributed by atoms with Gasteiger partial charge in [0, 0.05) is 19.1 Å². The minimum Gasteiger partial charge on any atom is -0.274 e. The molecule has 0 aromatic heterocycles. The summed E-state index contributed by atoms with van der Waals surface area (Å²) in [4.78, 5) is 21.2.